The van der Waals surface area contributed by atoms with Crippen LogP contribution in [-0.2, 0) is 0 Å². The Bertz CT molecular complexity index is 165. The molecule has 16 heavy (non-hydrogen) atoms. The molecule has 0 aromatic carbocycles. The summed E-state index contributed by atoms with van der Waals surface area (Å²) in [6.07, 6.45) is 22.1. The van der Waals surface area contributed by atoms with Gasteiger partial charge in [-0.25, -0.2) is 0 Å². The topological polar surface area (TPSA) is 0 Å². The summed E-state index contributed by atoms with van der Waals surface area (Å²) in [6.45, 7) is 5.93. The number of hydrogen-bond donors (Lipinski definition) is 0. The molecule has 0 heterocycles. The Morgan fingerprint density at radius 1 is 0.750 bits per heavy atom. The van der Waals surface area contributed by atoms with Crippen LogP contribution in [0.15, 0.2) is 24.3 Å². The van der Waals surface area contributed by atoms with Crippen molar-refractivity contribution >= 4 is 0 Å². The third-order valence-corrected chi connectivity index (χ3v) is 2.83. The van der Waals surface area contributed by atoms with Crippen LogP contribution in [0.3, 0.4) is 0 Å². The van der Waals surface area contributed by atoms with Crippen molar-refractivity contribution in [1.29, 1.82) is 0 Å². The summed E-state index contributed by atoms with van der Waals surface area (Å²) in [4.78, 5) is 0. The Morgan fingerprint density at radius 2 is 1.38 bits per heavy atom. The summed E-state index contributed by atoms with van der Waals surface area (Å²) in [5.74, 6) is 0. The molecule has 1 radical (unpaired) electrons. The highest BCUT2D eigenvalue weighted by atomic mass is 14.0. The third kappa shape index (κ3) is 13.5. The quantitative estimate of drug-likeness (QED) is 0.303. The van der Waals surface area contributed by atoms with Crippen molar-refractivity contribution < 1.29 is 0 Å². The van der Waals surface area contributed by atoms with Crippen molar-refractivity contribution in [1.82, 2.24) is 0 Å². The SMILES string of the molecule is [CH2]C=CCC=CCCCCCCCCCC. The van der Waals surface area contributed by atoms with Crippen molar-refractivity contribution in [3.05, 3.63) is 31.2 Å². The Balaban J connectivity index is 3.00. The first-order valence-corrected chi connectivity index (χ1v) is 7.01. The molecule has 0 fully saturated rings. The van der Waals surface area contributed by atoms with Crippen LogP contribution in [0.5, 0.6) is 0 Å². The van der Waals surface area contributed by atoms with Gasteiger partial charge in [0.1, 0.15) is 0 Å². The van der Waals surface area contributed by atoms with Crippen molar-refractivity contribution in [2.24, 2.45) is 0 Å². The lowest BCUT2D eigenvalue weighted by atomic mass is 10.1. The molecule has 0 aromatic heterocycles. The first-order valence-electron chi connectivity index (χ1n) is 7.01. The van der Waals surface area contributed by atoms with E-state index >= 15 is 0 Å². The fraction of sp³-hybridized carbons (Fsp3) is 0.688. The highest BCUT2D eigenvalue weighted by Gasteiger charge is 1.89. The summed E-state index contributed by atoms with van der Waals surface area (Å²) in [7, 11) is 0. The minimum atomic E-state index is 1.04. The van der Waals surface area contributed by atoms with E-state index in [9.17, 15) is 0 Å². The fourth-order valence-corrected chi connectivity index (χ4v) is 1.78. The summed E-state index contributed by atoms with van der Waals surface area (Å²) >= 11 is 0. The molecular weight excluding hydrogens is 192 g/mol. The monoisotopic (exact) mass is 221 g/mol. The van der Waals surface area contributed by atoms with Gasteiger partial charge in [0.25, 0.3) is 0 Å². The lowest BCUT2D eigenvalue weighted by Gasteiger charge is -1.99. The highest BCUT2D eigenvalue weighted by Crippen LogP contribution is 2.09. The smallest absolute Gasteiger partial charge is 0.0169 e. The number of rotatable bonds is 11. The Kier molecular flexibility index (Phi) is 14.0. The van der Waals surface area contributed by atoms with Crippen LogP contribution in [0.4, 0.5) is 0 Å². The van der Waals surface area contributed by atoms with Gasteiger partial charge in [-0.05, 0) is 26.2 Å². The minimum absolute atomic E-state index is 1.04. The van der Waals surface area contributed by atoms with Gasteiger partial charge in [-0.1, -0.05) is 76.2 Å². The first-order chi connectivity index (χ1) is 7.91. The zero-order valence-corrected chi connectivity index (χ0v) is 11.1. The molecule has 0 saturated carbocycles. The molecule has 0 spiro atoms. The van der Waals surface area contributed by atoms with E-state index in [4.69, 9.17) is 0 Å². The van der Waals surface area contributed by atoms with E-state index in [-0.39, 0.29) is 0 Å². The van der Waals surface area contributed by atoms with Gasteiger partial charge in [-0.3, -0.25) is 0 Å². The van der Waals surface area contributed by atoms with Crippen LogP contribution in [0.1, 0.15) is 71.1 Å². The average molecular weight is 221 g/mol. The zero-order valence-electron chi connectivity index (χ0n) is 11.1. The molecule has 0 atom stereocenters. The van der Waals surface area contributed by atoms with Crippen LogP contribution in [0, 0.1) is 6.92 Å². The van der Waals surface area contributed by atoms with Crippen molar-refractivity contribution in [3.63, 3.8) is 0 Å². The van der Waals surface area contributed by atoms with Gasteiger partial charge >= 0.3 is 0 Å². The molecule has 0 nitrogen and oxygen atoms in total. The van der Waals surface area contributed by atoms with Gasteiger partial charge in [0, 0.05) is 0 Å². The van der Waals surface area contributed by atoms with Gasteiger partial charge in [-0.2, -0.15) is 0 Å². The minimum Gasteiger partial charge on any atom is -0.0882 e. The maximum absolute atomic E-state index is 3.66. The maximum Gasteiger partial charge on any atom is -0.0169 e. The molecule has 0 aliphatic heterocycles. The average Bonchev–Trinajstić information content (AvgIpc) is 2.31. The summed E-state index contributed by atoms with van der Waals surface area (Å²) in [5, 5.41) is 0. The molecule has 0 unspecified atom stereocenters. The molecule has 0 heteroatoms. The van der Waals surface area contributed by atoms with Crippen molar-refractivity contribution in [3.8, 4) is 0 Å². The van der Waals surface area contributed by atoms with Gasteiger partial charge < -0.3 is 0 Å². The normalized spacial score (nSPS) is 11.9. The second-order valence-electron chi connectivity index (χ2n) is 4.44. The number of allylic oxidation sites excluding steroid dienone is 4. The van der Waals surface area contributed by atoms with E-state index in [2.05, 4.69) is 32.1 Å². The predicted molar refractivity (Wildman–Crippen MR) is 75.5 cm³/mol. The highest BCUT2D eigenvalue weighted by molar-refractivity contribution is 4.93. The Hall–Kier alpha value is -0.520. The van der Waals surface area contributed by atoms with E-state index in [0.717, 1.165) is 6.42 Å². The van der Waals surface area contributed by atoms with Gasteiger partial charge in [0.2, 0.25) is 0 Å². The zero-order chi connectivity index (χ0) is 11.9. The first kappa shape index (κ1) is 15.5. The van der Waals surface area contributed by atoms with Crippen molar-refractivity contribution in [2.75, 3.05) is 0 Å². The summed E-state index contributed by atoms with van der Waals surface area (Å²) in [6, 6.07) is 0. The van der Waals surface area contributed by atoms with E-state index in [1.165, 1.54) is 57.8 Å². The van der Waals surface area contributed by atoms with E-state index in [0.29, 0.717) is 0 Å². The largest absolute Gasteiger partial charge is 0.0882 e. The third-order valence-electron chi connectivity index (χ3n) is 2.83. The molecule has 0 bridgehead atoms. The van der Waals surface area contributed by atoms with Crippen molar-refractivity contribution in [2.45, 2.75) is 71.1 Å². The van der Waals surface area contributed by atoms with Gasteiger partial charge in [0.05, 0.1) is 0 Å². The number of unbranched alkanes of at least 4 members (excludes halogenated alkanes) is 8. The summed E-state index contributed by atoms with van der Waals surface area (Å²) in [5.41, 5.74) is 0. The van der Waals surface area contributed by atoms with Crippen LogP contribution in [-0.4, -0.2) is 0 Å². The molecule has 0 N–H and O–H groups in total. The molecule has 0 aromatic rings. The standard InChI is InChI=1S/C16H29/c1-3-5-7-9-11-13-15-16-14-12-10-8-6-4-2/h3,5,9,11H,1,4,6-8,10,12-16H2,2H3. The van der Waals surface area contributed by atoms with Gasteiger partial charge in [-0.15, -0.1) is 0 Å². The fourth-order valence-electron chi connectivity index (χ4n) is 1.78. The maximum atomic E-state index is 3.66. The molecule has 0 amide bonds. The molecule has 93 valence electrons. The molecular formula is C16H29. The second kappa shape index (κ2) is 14.5. The van der Waals surface area contributed by atoms with Crippen LogP contribution < -0.4 is 0 Å². The molecule has 0 aliphatic rings. The lowest BCUT2D eigenvalue weighted by Crippen LogP contribution is -1.79. The van der Waals surface area contributed by atoms with Gasteiger partial charge in [0.15, 0.2) is 0 Å². The van der Waals surface area contributed by atoms with Crippen LogP contribution in [0.2, 0.25) is 0 Å². The molecule has 0 rings (SSSR count). The van der Waals surface area contributed by atoms with E-state index < -0.39 is 0 Å². The molecule has 0 aliphatic carbocycles. The number of hydrogen-bond acceptors (Lipinski definition) is 0. The molecule has 0 saturated heterocycles. The Labute approximate surface area is 103 Å². The summed E-state index contributed by atoms with van der Waals surface area (Å²) < 4.78 is 0. The van der Waals surface area contributed by atoms with E-state index in [1.807, 2.05) is 6.08 Å². The second-order valence-corrected chi connectivity index (χ2v) is 4.44. The van der Waals surface area contributed by atoms with E-state index in [1.54, 1.807) is 0 Å². The lowest BCUT2D eigenvalue weighted by molar-refractivity contribution is 0.577. The predicted octanol–water partition coefficient (Wildman–Crippen LogP) is 5.85. The van der Waals surface area contributed by atoms with Crippen LogP contribution >= 0.6 is 0 Å². The Morgan fingerprint density at radius 3 is 2.00 bits per heavy atom. The van der Waals surface area contributed by atoms with Crippen LogP contribution in [0.25, 0.3) is 0 Å².